The number of hydrogen-bond acceptors (Lipinski definition) is 2. The molecule has 0 aliphatic rings. The fourth-order valence-electron chi connectivity index (χ4n) is 1.96. The average Bonchev–Trinajstić information content (AvgIpc) is 2.42. The lowest BCUT2D eigenvalue weighted by Crippen LogP contribution is -2.08. The minimum absolute atomic E-state index is 0.400. The summed E-state index contributed by atoms with van der Waals surface area (Å²) in [5.74, 6) is 0. The van der Waals surface area contributed by atoms with Gasteiger partial charge in [0.05, 0.1) is 6.10 Å². The molecule has 0 spiro atoms. The van der Waals surface area contributed by atoms with Crippen LogP contribution in [-0.2, 0) is 0 Å². The quantitative estimate of drug-likeness (QED) is 0.839. The third-order valence-corrected chi connectivity index (χ3v) is 3.06. The summed E-state index contributed by atoms with van der Waals surface area (Å²) in [6, 6.07) is 18.0. The molecule has 0 bridgehead atoms. The average molecular weight is 241 g/mol. The highest BCUT2D eigenvalue weighted by molar-refractivity contribution is 5.50. The van der Waals surface area contributed by atoms with Crippen molar-refractivity contribution in [1.29, 1.82) is 0 Å². The van der Waals surface area contributed by atoms with Crippen LogP contribution < -0.4 is 5.32 Å². The van der Waals surface area contributed by atoms with Gasteiger partial charge in [0, 0.05) is 12.2 Å². The SMILES string of the molecule is Cc1ccccc1NCCC(O)c1ccccc1. The number of aliphatic hydroxyl groups excluding tert-OH is 1. The van der Waals surface area contributed by atoms with Crippen molar-refractivity contribution in [2.45, 2.75) is 19.4 Å². The Bertz CT molecular complexity index is 481. The molecule has 18 heavy (non-hydrogen) atoms. The minimum Gasteiger partial charge on any atom is -0.388 e. The number of hydrogen-bond donors (Lipinski definition) is 2. The summed E-state index contributed by atoms with van der Waals surface area (Å²) < 4.78 is 0. The molecule has 2 N–H and O–H groups in total. The van der Waals surface area contributed by atoms with Gasteiger partial charge < -0.3 is 10.4 Å². The van der Waals surface area contributed by atoms with Gasteiger partial charge in [-0.1, -0.05) is 48.5 Å². The molecular weight excluding hydrogens is 222 g/mol. The van der Waals surface area contributed by atoms with E-state index in [9.17, 15) is 5.11 Å². The fourth-order valence-corrected chi connectivity index (χ4v) is 1.96. The molecule has 0 amide bonds. The van der Waals surface area contributed by atoms with E-state index in [4.69, 9.17) is 0 Å². The molecule has 2 aromatic rings. The lowest BCUT2D eigenvalue weighted by molar-refractivity contribution is 0.171. The number of para-hydroxylation sites is 1. The zero-order valence-corrected chi connectivity index (χ0v) is 10.6. The Morgan fingerprint density at radius 2 is 1.67 bits per heavy atom. The molecule has 0 saturated carbocycles. The van der Waals surface area contributed by atoms with E-state index >= 15 is 0 Å². The van der Waals surface area contributed by atoms with Crippen molar-refractivity contribution < 1.29 is 5.11 Å². The largest absolute Gasteiger partial charge is 0.388 e. The summed E-state index contributed by atoms with van der Waals surface area (Å²) in [5, 5.41) is 13.4. The van der Waals surface area contributed by atoms with Crippen molar-refractivity contribution in [1.82, 2.24) is 0 Å². The summed E-state index contributed by atoms with van der Waals surface area (Å²) in [4.78, 5) is 0. The van der Waals surface area contributed by atoms with E-state index in [2.05, 4.69) is 24.4 Å². The third kappa shape index (κ3) is 3.34. The van der Waals surface area contributed by atoms with E-state index in [1.165, 1.54) is 5.56 Å². The van der Waals surface area contributed by atoms with Crippen LogP contribution in [0.15, 0.2) is 54.6 Å². The zero-order chi connectivity index (χ0) is 12.8. The van der Waals surface area contributed by atoms with Crippen molar-refractivity contribution in [3.8, 4) is 0 Å². The Morgan fingerprint density at radius 1 is 1.00 bits per heavy atom. The smallest absolute Gasteiger partial charge is 0.0806 e. The molecule has 94 valence electrons. The predicted molar refractivity (Wildman–Crippen MR) is 75.7 cm³/mol. The summed E-state index contributed by atoms with van der Waals surface area (Å²) >= 11 is 0. The summed E-state index contributed by atoms with van der Waals surface area (Å²) in [5.41, 5.74) is 3.34. The van der Waals surface area contributed by atoms with E-state index in [-0.39, 0.29) is 0 Å². The number of aryl methyl sites for hydroxylation is 1. The van der Waals surface area contributed by atoms with Gasteiger partial charge in [-0.3, -0.25) is 0 Å². The molecule has 2 rings (SSSR count). The van der Waals surface area contributed by atoms with Gasteiger partial charge in [-0.25, -0.2) is 0 Å². The number of anilines is 1. The van der Waals surface area contributed by atoms with Crippen molar-refractivity contribution in [2.75, 3.05) is 11.9 Å². The van der Waals surface area contributed by atoms with E-state index < -0.39 is 6.10 Å². The molecule has 1 unspecified atom stereocenters. The van der Waals surface area contributed by atoms with Crippen LogP contribution >= 0.6 is 0 Å². The molecule has 1 atom stereocenters. The number of benzene rings is 2. The van der Waals surface area contributed by atoms with Crippen LogP contribution in [0.4, 0.5) is 5.69 Å². The van der Waals surface area contributed by atoms with E-state index in [1.54, 1.807) is 0 Å². The van der Waals surface area contributed by atoms with Crippen LogP contribution in [0.1, 0.15) is 23.7 Å². The lowest BCUT2D eigenvalue weighted by Gasteiger charge is -2.13. The second-order valence-electron chi connectivity index (χ2n) is 4.46. The van der Waals surface area contributed by atoms with Gasteiger partial charge in [-0.2, -0.15) is 0 Å². The van der Waals surface area contributed by atoms with Crippen LogP contribution in [0, 0.1) is 6.92 Å². The van der Waals surface area contributed by atoms with Gasteiger partial charge in [-0.05, 0) is 30.5 Å². The van der Waals surface area contributed by atoms with Crippen molar-refractivity contribution in [3.63, 3.8) is 0 Å². The first-order valence-corrected chi connectivity index (χ1v) is 6.30. The number of aliphatic hydroxyl groups is 1. The first kappa shape index (κ1) is 12.7. The maximum atomic E-state index is 10.0. The first-order valence-electron chi connectivity index (χ1n) is 6.30. The monoisotopic (exact) mass is 241 g/mol. The standard InChI is InChI=1S/C16H19NO/c1-13-7-5-6-10-15(13)17-12-11-16(18)14-8-3-2-4-9-14/h2-10,16-18H,11-12H2,1H3. The fraction of sp³-hybridized carbons (Fsp3) is 0.250. The Balaban J connectivity index is 1.84. The number of rotatable bonds is 5. The Labute approximate surface area is 108 Å². The second kappa shape index (κ2) is 6.22. The maximum Gasteiger partial charge on any atom is 0.0806 e. The predicted octanol–water partition coefficient (Wildman–Crippen LogP) is 3.53. The van der Waals surface area contributed by atoms with Crippen molar-refractivity contribution in [2.24, 2.45) is 0 Å². The van der Waals surface area contributed by atoms with Crippen LogP contribution in [0.2, 0.25) is 0 Å². The molecule has 2 aromatic carbocycles. The van der Waals surface area contributed by atoms with Gasteiger partial charge in [0.15, 0.2) is 0 Å². The topological polar surface area (TPSA) is 32.3 Å². The Hall–Kier alpha value is -1.80. The molecule has 0 aliphatic carbocycles. The van der Waals surface area contributed by atoms with Crippen LogP contribution in [0.5, 0.6) is 0 Å². The normalized spacial score (nSPS) is 12.1. The van der Waals surface area contributed by atoms with Crippen LogP contribution in [0.25, 0.3) is 0 Å². The van der Waals surface area contributed by atoms with Gasteiger partial charge in [-0.15, -0.1) is 0 Å². The van der Waals surface area contributed by atoms with Crippen molar-refractivity contribution >= 4 is 5.69 Å². The number of nitrogens with one attached hydrogen (secondary N) is 1. The molecule has 0 saturated heterocycles. The van der Waals surface area contributed by atoms with Gasteiger partial charge in [0.25, 0.3) is 0 Å². The Morgan fingerprint density at radius 3 is 2.39 bits per heavy atom. The lowest BCUT2D eigenvalue weighted by atomic mass is 10.1. The van der Waals surface area contributed by atoms with E-state index in [0.717, 1.165) is 17.8 Å². The molecule has 2 nitrogen and oxygen atoms in total. The first-order chi connectivity index (χ1) is 8.77. The maximum absolute atomic E-state index is 10.0. The summed E-state index contributed by atoms with van der Waals surface area (Å²) in [6.07, 6.45) is 0.306. The Kier molecular flexibility index (Phi) is 4.37. The molecule has 2 heteroatoms. The van der Waals surface area contributed by atoms with Gasteiger partial charge in [0.2, 0.25) is 0 Å². The van der Waals surface area contributed by atoms with Gasteiger partial charge >= 0.3 is 0 Å². The molecule has 0 radical (unpaired) electrons. The molecule has 0 aliphatic heterocycles. The molecule has 0 heterocycles. The molecule has 0 fully saturated rings. The van der Waals surface area contributed by atoms with Crippen molar-refractivity contribution in [3.05, 3.63) is 65.7 Å². The highest BCUT2D eigenvalue weighted by Crippen LogP contribution is 2.17. The second-order valence-corrected chi connectivity index (χ2v) is 4.46. The van der Waals surface area contributed by atoms with E-state index in [1.807, 2.05) is 42.5 Å². The zero-order valence-electron chi connectivity index (χ0n) is 10.6. The molecular formula is C16H19NO. The van der Waals surface area contributed by atoms with E-state index in [0.29, 0.717) is 6.42 Å². The minimum atomic E-state index is -0.400. The van der Waals surface area contributed by atoms with Crippen LogP contribution in [-0.4, -0.2) is 11.7 Å². The molecule has 0 aromatic heterocycles. The third-order valence-electron chi connectivity index (χ3n) is 3.06. The van der Waals surface area contributed by atoms with Crippen LogP contribution in [0.3, 0.4) is 0 Å². The summed E-state index contributed by atoms with van der Waals surface area (Å²) in [7, 11) is 0. The highest BCUT2D eigenvalue weighted by Gasteiger charge is 2.06. The summed E-state index contributed by atoms with van der Waals surface area (Å²) in [6.45, 7) is 2.84. The van der Waals surface area contributed by atoms with Gasteiger partial charge in [0.1, 0.15) is 0 Å². The highest BCUT2D eigenvalue weighted by atomic mass is 16.3.